The summed E-state index contributed by atoms with van der Waals surface area (Å²) in [7, 11) is 0. The fourth-order valence-electron chi connectivity index (χ4n) is 2.10. The number of hydrogen-bond donors (Lipinski definition) is 1. The SMILES string of the molecule is CCCn1nncc1C(O)c1cn2ccccc2n1. The van der Waals surface area contributed by atoms with E-state index in [-0.39, 0.29) is 0 Å². The Balaban J connectivity index is 1.98. The lowest BCUT2D eigenvalue weighted by atomic mass is 10.2. The van der Waals surface area contributed by atoms with E-state index in [9.17, 15) is 5.11 Å². The Morgan fingerprint density at radius 1 is 1.37 bits per heavy atom. The van der Waals surface area contributed by atoms with Gasteiger partial charge in [-0.15, -0.1) is 5.10 Å². The molecule has 6 heteroatoms. The highest BCUT2D eigenvalue weighted by atomic mass is 16.3. The Bertz CT molecular complexity index is 654. The Labute approximate surface area is 110 Å². The smallest absolute Gasteiger partial charge is 0.141 e. The fourth-order valence-corrected chi connectivity index (χ4v) is 2.10. The van der Waals surface area contributed by atoms with Crippen molar-refractivity contribution >= 4 is 5.65 Å². The van der Waals surface area contributed by atoms with E-state index in [0.29, 0.717) is 11.4 Å². The van der Waals surface area contributed by atoms with Crippen molar-refractivity contribution in [3.8, 4) is 0 Å². The number of hydrogen-bond acceptors (Lipinski definition) is 4. The number of fused-ring (bicyclic) bond motifs is 1. The third-order valence-electron chi connectivity index (χ3n) is 3.03. The Morgan fingerprint density at radius 3 is 3.05 bits per heavy atom. The molecule has 1 N–H and O–H groups in total. The van der Waals surface area contributed by atoms with Gasteiger partial charge in [-0.1, -0.05) is 18.2 Å². The lowest BCUT2D eigenvalue weighted by Crippen LogP contribution is -2.10. The lowest BCUT2D eigenvalue weighted by molar-refractivity contribution is 0.203. The quantitative estimate of drug-likeness (QED) is 0.767. The molecule has 0 aromatic carbocycles. The summed E-state index contributed by atoms with van der Waals surface area (Å²) in [6.45, 7) is 2.79. The zero-order valence-corrected chi connectivity index (χ0v) is 10.6. The minimum Gasteiger partial charge on any atom is -0.380 e. The van der Waals surface area contributed by atoms with Gasteiger partial charge in [0.25, 0.3) is 0 Å². The molecule has 0 fully saturated rings. The first kappa shape index (κ1) is 11.9. The first-order valence-electron chi connectivity index (χ1n) is 6.29. The highest BCUT2D eigenvalue weighted by Gasteiger charge is 2.19. The van der Waals surface area contributed by atoms with Crippen molar-refractivity contribution in [1.29, 1.82) is 0 Å². The van der Waals surface area contributed by atoms with Crippen LogP contribution in [0, 0.1) is 0 Å². The van der Waals surface area contributed by atoms with Gasteiger partial charge in [0, 0.05) is 18.9 Å². The van der Waals surface area contributed by atoms with Crippen LogP contribution >= 0.6 is 0 Å². The molecule has 0 saturated heterocycles. The van der Waals surface area contributed by atoms with E-state index in [1.807, 2.05) is 35.0 Å². The second-order valence-corrected chi connectivity index (χ2v) is 4.42. The zero-order chi connectivity index (χ0) is 13.2. The third-order valence-corrected chi connectivity index (χ3v) is 3.03. The topological polar surface area (TPSA) is 68.2 Å². The molecule has 0 aliphatic carbocycles. The van der Waals surface area contributed by atoms with Crippen LogP contribution in [0.4, 0.5) is 0 Å². The number of aliphatic hydroxyl groups is 1. The normalized spacial score (nSPS) is 12.9. The third kappa shape index (κ3) is 2.10. The summed E-state index contributed by atoms with van der Waals surface area (Å²) in [5, 5.41) is 18.3. The van der Waals surface area contributed by atoms with E-state index in [0.717, 1.165) is 18.6 Å². The highest BCUT2D eigenvalue weighted by Crippen LogP contribution is 2.20. The summed E-state index contributed by atoms with van der Waals surface area (Å²) in [6, 6.07) is 5.74. The van der Waals surface area contributed by atoms with Crippen LogP contribution < -0.4 is 0 Å². The molecule has 3 heterocycles. The monoisotopic (exact) mass is 257 g/mol. The summed E-state index contributed by atoms with van der Waals surface area (Å²) >= 11 is 0. The molecular formula is C13H15N5O. The van der Waals surface area contributed by atoms with Crippen molar-refractivity contribution in [2.45, 2.75) is 26.0 Å². The summed E-state index contributed by atoms with van der Waals surface area (Å²) in [5.41, 5.74) is 2.09. The van der Waals surface area contributed by atoms with E-state index < -0.39 is 6.10 Å². The number of rotatable bonds is 4. The van der Waals surface area contributed by atoms with Gasteiger partial charge < -0.3 is 9.51 Å². The van der Waals surface area contributed by atoms with Crippen molar-refractivity contribution < 1.29 is 5.11 Å². The predicted molar refractivity (Wildman–Crippen MR) is 69.6 cm³/mol. The van der Waals surface area contributed by atoms with E-state index in [4.69, 9.17) is 0 Å². The molecule has 3 aromatic rings. The number of aryl methyl sites for hydroxylation is 1. The molecule has 0 amide bonds. The Kier molecular flexibility index (Phi) is 3.00. The first-order valence-corrected chi connectivity index (χ1v) is 6.29. The Morgan fingerprint density at radius 2 is 2.26 bits per heavy atom. The minimum atomic E-state index is -0.804. The molecule has 3 rings (SSSR count). The molecule has 0 aliphatic rings. The molecule has 98 valence electrons. The van der Waals surface area contributed by atoms with Gasteiger partial charge in [-0.3, -0.25) is 0 Å². The van der Waals surface area contributed by atoms with Crippen LogP contribution in [-0.4, -0.2) is 29.5 Å². The molecule has 0 radical (unpaired) electrons. The van der Waals surface area contributed by atoms with Gasteiger partial charge >= 0.3 is 0 Å². The van der Waals surface area contributed by atoms with Gasteiger partial charge in [-0.2, -0.15) is 0 Å². The molecule has 3 aromatic heterocycles. The maximum absolute atomic E-state index is 10.4. The van der Waals surface area contributed by atoms with Gasteiger partial charge in [-0.25, -0.2) is 9.67 Å². The first-order chi connectivity index (χ1) is 9.29. The molecular weight excluding hydrogens is 242 g/mol. The van der Waals surface area contributed by atoms with Crippen LogP contribution in [0.2, 0.25) is 0 Å². The second kappa shape index (κ2) is 4.81. The summed E-state index contributed by atoms with van der Waals surface area (Å²) < 4.78 is 3.60. The van der Waals surface area contributed by atoms with Crippen LogP contribution in [-0.2, 0) is 6.54 Å². The number of aliphatic hydroxyl groups excluding tert-OH is 1. The van der Waals surface area contributed by atoms with Crippen molar-refractivity contribution in [1.82, 2.24) is 24.4 Å². The number of aromatic nitrogens is 5. The average molecular weight is 257 g/mol. The Hall–Kier alpha value is -2.21. The average Bonchev–Trinajstić information content (AvgIpc) is 3.04. The van der Waals surface area contributed by atoms with Crippen LogP contribution in [0.5, 0.6) is 0 Å². The largest absolute Gasteiger partial charge is 0.380 e. The lowest BCUT2D eigenvalue weighted by Gasteiger charge is -2.09. The molecule has 19 heavy (non-hydrogen) atoms. The van der Waals surface area contributed by atoms with Gasteiger partial charge in [0.1, 0.15) is 11.8 Å². The second-order valence-electron chi connectivity index (χ2n) is 4.42. The van der Waals surface area contributed by atoms with Crippen LogP contribution in [0.15, 0.2) is 36.8 Å². The maximum atomic E-state index is 10.4. The summed E-state index contributed by atoms with van der Waals surface area (Å²) in [4.78, 5) is 4.41. The van der Waals surface area contributed by atoms with Gasteiger partial charge in [0.05, 0.1) is 17.6 Å². The molecule has 0 aliphatic heterocycles. The van der Waals surface area contributed by atoms with Crippen LogP contribution in [0.3, 0.4) is 0 Å². The molecule has 0 spiro atoms. The highest BCUT2D eigenvalue weighted by molar-refractivity contribution is 5.40. The molecule has 0 saturated carbocycles. The van der Waals surface area contributed by atoms with E-state index in [1.54, 1.807) is 10.9 Å². The van der Waals surface area contributed by atoms with Crippen LogP contribution in [0.25, 0.3) is 5.65 Å². The van der Waals surface area contributed by atoms with Gasteiger partial charge in [-0.05, 0) is 18.6 Å². The predicted octanol–water partition coefficient (Wildman–Crippen LogP) is 1.42. The van der Waals surface area contributed by atoms with Crippen molar-refractivity contribution in [3.63, 3.8) is 0 Å². The zero-order valence-electron chi connectivity index (χ0n) is 10.6. The molecule has 6 nitrogen and oxygen atoms in total. The number of nitrogens with zero attached hydrogens (tertiary/aromatic N) is 5. The van der Waals surface area contributed by atoms with Crippen molar-refractivity contribution in [2.75, 3.05) is 0 Å². The molecule has 1 atom stereocenters. The van der Waals surface area contributed by atoms with E-state index in [1.165, 1.54) is 0 Å². The van der Waals surface area contributed by atoms with Crippen LogP contribution in [0.1, 0.15) is 30.8 Å². The van der Waals surface area contributed by atoms with Crippen molar-refractivity contribution in [3.05, 3.63) is 48.2 Å². The number of pyridine rings is 1. The summed E-state index contributed by atoms with van der Waals surface area (Å²) in [6.07, 6.45) is 5.45. The van der Waals surface area contributed by atoms with E-state index in [2.05, 4.69) is 22.2 Å². The molecule has 1 unspecified atom stereocenters. The standard InChI is InChI=1S/C13H15N5O/c1-2-6-18-11(8-14-16-18)13(19)10-9-17-7-4-3-5-12(17)15-10/h3-5,7-9,13,19H,2,6H2,1H3. The van der Waals surface area contributed by atoms with Gasteiger partial charge in [0.15, 0.2) is 0 Å². The molecule has 0 bridgehead atoms. The fraction of sp³-hybridized carbons (Fsp3) is 0.308. The number of imidazole rings is 1. The maximum Gasteiger partial charge on any atom is 0.141 e. The van der Waals surface area contributed by atoms with Gasteiger partial charge in [0.2, 0.25) is 0 Å². The van der Waals surface area contributed by atoms with Crippen molar-refractivity contribution in [2.24, 2.45) is 0 Å². The van der Waals surface area contributed by atoms with E-state index >= 15 is 0 Å². The minimum absolute atomic E-state index is 0.603. The summed E-state index contributed by atoms with van der Waals surface area (Å²) in [5.74, 6) is 0.